The Labute approximate surface area is 82.9 Å². The number of allylic oxidation sites excluding steroid dienone is 3. The molecule has 2 unspecified atom stereocenters. The first kappa shape index (κ1) is 9.55. The van der Waals surface area contributed by atoms with E-state index in [0.717, 1.165) is 0 Å². The molecule has 2 aliphatic carbocycles. The molecule has 0 spiro atoms. The Bertz CT molecular complexity index is 320. The summed E-state index contributed by atoms with van der Waals surface area (Å²) in [5.74, 6) is -1.40. The molecule has 78 valence electrons. The fourth-order valence-corrected chi connectivity index (χ4v) is 2.14. The van der Waals surface area contributed by atoms with Crippen LogP contribution in [0.25, 0.3) is 0 Å². The SMILES string of the molecule is CC1C(N)=C(N)C=CC1[C@H]1CC1(O)O. The molecule has 0 aromatic heterocycles. The summed E-state index contributed by atoms with van der Waals surface area (Å²) in [6.07, 6.45) is 4.11. The fraction of sp³-hybridized carbons (Fsp3) is 0.600. The maximum atomic E-state index is 9.35. The van der Waals surface area contributed by atoms with Gasteiger partial charge in [0.25, 0.3) is 0 Å². The van der Waals surface area contributed by atoms with E-state index in [9.17, 15) is 10.2 Å². The maximum absolute atomic E-state index is 9.35. The number of hydrogen-bond acceptors (Lipinski definition) is 4. The lowest BCUT2D eigenvalue weighted by Crippen LogP contribution is -2.28. The molecule has 4 nitrogen and oxygen atoms in total. The summed E-state index contributed by atoms with van der Waals surface area (Å²) in [7, 11) is 0. The van der Waals surface area contributed by atoms with Crippen molar-refractivity contribution < 1.29 is 10.2 Å². The molecule has 1 fully saturated rings. The van der Waals surface area contributed by atoms with E-state index in [2.05, 4.69) is 0 Å². The predicted molar refractivity (Wildman–Crippen MR) is 52.5 cm³/mol. The van der Waals surface area contributed by atoms with E-state index in [1.807, 2.05) is 13.0 Å². The summed E-state index contributed by atoms with van der Waals surface area (Å²) in [6.45, 7) is 1.96. The van der Waals surface area contributed by atoms with Gasteiger partial charge in [-0.15, -0.1) is 0 Å². The van der Waals surface area contributed by atoms with Crippen molar-refractivity contribution in [3.05, 3.63) is 23.5 Å². The van der Waals surface area contributed by atoms with Gasteiger partial charge in [0.15, 0.2) is 5.79 Å². The van der Waals surface area contributed by atoms with Crippen molar-refractivity contribution >= 4 is 0 Å². The molecule has 0 radical (unpaired) electrons. The monoisotopic (exact) mass is 196 g/mol. The first-order chi connectivity index (χ1) is 6.43. The zero-order valence-corrected chi connectivity index (χ0v) is 8.14. The average molecular weight is 196 g/mol. The number of nitrogens with two attached hydrogens (primary N) is 2. The van der Waals surface area contributed by atoms with Gasteiger partial charge in [0.1, 0.15) is 0 Å². The van der Waals surface area contributed by atoms with Crippen molar-refractivity contribution in [1.29, 1.82) is 0 Å². The van der Waals surface area contributed by atoms with Crippen LogP contribution in [0.2, 0.25) is 0 Å². The minimum atomic E-state index is -1.49. The van der Waals surface area contributed by atoms with E-state index in [1.54, 1.807) is 6.08 Å². The van der Waals surface area contributed by atoms with Crippen molar-refractivity contribution in [2.75, 3.05) is 0 Å². The third-order valence-corrected chi connectivity index (χ3v) is 3.32. The van der Waals surface area contributed by atoms with Crippen molar-refractivity contribution in [3.63, 3.8) is 0 Å². The van der Waals surface area contributed by atoms with E-state index in [-0.39, 0.29) is 17.8 Å². The molecule has 3 atom stereocenters. The highest BCUT2D eigenvalue weighted by atomic mass is 16.5. The van der Waals surface area contributed by atoms with Gasteiger partial charge in [-0.25, -0.2) is 0 Å². The normalized spacial score (nSPS) is 40.1. The molecule has 2 rings (SSSR count). The van der Waals surface area contributed by atoms with Crippen molar-refractivity contribution in [3.8, 4) is 0 Å². The van der Waals surface area contributed by atoms with Crippen LogP contribution < -0.4 is 11.5 Å². The fourth-order valence-electron chi connectivity index (χ4n) is 2.14. The van der Waals surface area contributed by atoms with Crippen LogP contribution in [0.4, 0.5) is 0 Å². The Balaban J connectivity index is 2.16. The van der Waals surface area contributed by atoms with Crippen LogP contribution in [0.5, 0.6) is 0 Å². The van der Waals surface area contributed by atoms with Gasteiger partial charge in [0.05, 0.1) is 5.70 Å². The van der Waals surface area contributed by atoms with E-state index >= 15 is 0 Å². The Morgan fingerprint density at radius 2 is 2.00 bits per heavy atom. The third kappa shape index (κ3) is 1.31. The Morgan fingerprint density at radius 1 is 1.43 bits per heavy atom. The smallest absolute Gasteiger partial charge is 0.166 e. The van der Waals surface area contributed by atoms with Crippen molar-refractivity contribution in [1.82, 2.24) is 0 Å². The molecular weight excluding hydrogens is 180 g/mol. The summed E-state index contributed by atoms with van der Waals surface area (Å²) in [4.78, 5) is 0. The summed E-state index contributed by atoms with van der Waals surface area (Å²) in [6, 6.07) is 0. The first-order valence-electron chi connectivity index (χ1n) is 4.81. The van der Waals surface area contributed by atoms with Crippen LogP contribution in [-0.2, 0) is 0 Å². The van der Waals surface area contributed by atoms with Crippen molar-refractivity contribution in [2.45, 2.75) is 19.1 Å². The Hall–Kier alpha value is -1.00. The minimum Gasteiger partial charge on any atom is -0.400 e. The lowest BCUT2D eigenvalue weighted by molar-refractivity contribution is -0.0882. The summed E-state index contributed by atoms with van der Waals surface area (Å²) < 4.78 is 0. The second-order valence-corrected chi connectivity index (χ2v) is 4.32. The van der Waals surface area contributed by atoms with Gasteiger partial charge in [-0.2, -0.15) is 0 Å². The van der Waals surface area contributed by atoms with Gasteiger partial charge >= 0.3 is 0 Å². The van der Waals surface area contributed by atoms with Gasteiger partial charge in [0, 0.05) is 24.0 Å². The van der Waals surface area contributed by atoms with Crippen LogP contribution in [0.3, 0.4) is 0 Å². The predicted octanol–water partition coefficient (Wildman–Crippen LogP) is -0.362. The topological polar surface area (TPSA) is 92.5 Å². The second kappa shape index (κ2) is 2.74. The summed E-state index contributed by atoms with van der Waals surface area (Å²) >= 11 is 0. The number of rotatable bonds is 1. The molecule has 0 saturated heterocycles. The lowest BCUT2D eigenvalue weighted by Gasteiger charge is -2.26. The molecule has 6 N–H and O–H groups in total. The summed E-state index contributed by atoms with van der Waals surface area (Å²) in [5, 5.41) is 18.7. The highest BCUT2D eigenvalue weighted by Crippen LogP contribution is 2.50. The van der Waals surface area contributed by atoms with Gasteiger partial charge in [-0.05, 0) is 12.0 Å². The van der Waals surface area contributed by atoms with E-state index in [1.165, 1.54) is 0 Å². The highest BCUT2D eigenvalue weighted by molar-refractivity contribution is 5.30. The van der Waals surface area contributed by atoms with Gasteiger partial charge in [0.2, 0.25) is 0 Å². The van der Waals surface area contributed by atoms with Crippen LogP contribution in [0, 0.1) is 17.8 Å². The highest BCUT2D eigenvalue weighted by Gasteiger charge is 2.56. The zero-order chi connectivity index (χ0) is 10.5. The van der Waals surface area contributed by atoms with Gasteiger partial charge < -0.3 is 21.7 Å². The van der Waals surface area contributed by atoms with Gasteiger partial charge in [-0.3, -0.25) is 0 Å². The van der Waals surface area contributed by atoms with Crippen LogP contribution >= 0.6 is 0 Å². The van der Waals surface area contributed by atoms with Crippen LogP contribution in [0.1, 0.15) is 13.3 Å². The molecular formula is C10H16N2O2. The average Bonchev–Trinajstić information content (AvgIpc) is 2.71. The standard InChI is InChI=1S/C10H16N2O2/c1-5-6(7-4-10(7,13)14)2-3-8(11)9(5)12/h2-3,5-7,13-14H,4,11-12H2,1H3/t5?,6?,7-/m1/s1. The molecule has 14 heavy (non-hydrogen) atoms. The molecule has 1 saturated carbocycles. The van der Waals surface area contributed by atoms with Crippen LogP contribution in [0.15, 0.2) is 23.5 Å². The minimum absolute atomic E-state index is 0.0891. The van der Waals surface area contributed by atoms with E-state index in [0.29, 0.717) is 17.8 Å². The van der Waals surface area contributed by atoms with Gasteiger partial charge in [-0.1, -0.05) is 13.0 Å². The molecule has 4 heteroatoms. The van der Waals surface area contributed by atoms with E-state index in [4.69, 9.17) is 11.5 Å². The molecule has 0 bridgehead atoms. The van der Waals surface area contributed by atoms with E-state index < -0.39 is 5.79 Å². The largest absolute Gasteiger partial charge is 0.400 e. The lowest BCUT2D eigenvalue weighted by atomic mass is 9.82. The maximum Gasteiger partial charge on any atom is 0.166 e. The quantitative estimate of drug-likeness (QED) is 0.431. The van der Waals surface area contributed by atoms with Crippen LogP contribution in [-0.4, -0.2) is 16.0 Å². The summed E-state index contributed by atoms with van der Waals surface area (Å²) in [5.41, 5.74) is 12.7. The Kier molecular flexibility index (Phi) is 1.87. The molecule has 0 heterocycles. The first-order valence-corrected chi connectivity index (χ1v) is 4.81. The molecule has 2 aliphatic rings. The number of aliphatic hydroxyl groups is 2. The molecule has 0 aliphatic heterocycles. The molecule has 0 aromatic carbocycles. The molecule has 0 aromatic rings. The Morgan fingerprint density at radius 3 is 2.50 bits per heavy atom. The zero-order valence-electron chi connectivity index (χ0n) is 8.14. The second-order valence-electron chi connectivity index (χ2n) is 4.32. The molecule has 0 amide bonds. The number of hydrogen-bond donors (Lipinski definition) is 4. The van der Waals surface area contributed by atoms with Crippen molar-refractivity contribution in [2.24, 2.45) is 29.2 Å². The third-order valence-electron chi connectivity index (χ3n) is 3.32.